The van der Waals surface area contributed by atoms with Crippen molar-refractivity contribution in [1.29, 1.82) is 0 Å². The van der Waals surface area contributed by atoms with E-state index in [1.165, 1.54) is 11.1 Å². The molecule has 0 bridgehead atoms. The molecule has 0 atom stereocenters. The summed E-state index contributed by atoms with van der Waals surface area (Å²) >= 11 is 2.05. The lowest BCUT2D eigenvalue weighted by Gasteiger charge is -2.37. The van der Waals surface area contributed by atoms with Crippen LogP contribution in [0.15, 0.2) is 29.3 Å². The Morgan fingerprint density at radius 2 is 2.00 bits per heavy atom. The van der Waals surface area contributed by atoms with Gasteiger partial charge >= 0.3 is 0 Å². The maximum Gasteiger partial charge on any atom is 0.193 e. The lowest BCUT2D eigenvalue weighted by atomic mass is 9.99. The first kappa shape index (κ1) is 22.6. The third-order valence-electron chi connectivity index (χ3n) is 4.67. The Hall–Kier alpha value is -0.470. The molecule has 142 valence electrons. The Morgan fingerprint density at radius 1 is 1.32 bits per heavy atom. The van der Waals surface area contributed by atoms with Crippen LogP contribution in [0.2, 0.25) is 0 Å². The molecule has 0 aliphatic carbocycles. The van der Waals surface area contributed by atoms with Crippen LogP contribution in [0.1, 0.15) is 30.9 Å². The van der Waals surface area contributed by atoms with E-state index in [-0.39, 0.29) is 28.7 Å². The smallest absolute Gasteiger partial charge is 0.193 e. The number of ether oxygens (including phenoxy) is 1. The van der Waals surface area contributed by atoms with E-state index in [1.54, 1.807) is 0 Å². The van der Waals surface area contributed by atoms with Gasteiger partial charge in [0.1, 0.15) is 0 Å². The highest BCUT2D eigenvalue weighted by Crippen LogP contribution is 2.34. The summed E-state index contributed by atoms with van der Waals surface area (Å²) in [6.07, 6.45) is 2.22. The highest BCUT2D eigenvalue weighted by molar-refractivity contribution is 14.0. The third kappa shape index (κ3) is 6.64. The van der Waals surface area contributed by atoms with Crippen LogP contribution in [0.4, 0.5) is 0 Å². The molecule has 1 N–H and O–H groups in total. The minimum absolute atomic E-state index is 0. The third-order valence-corrected chi connectivity index (χ3v) is 6.12. The minimum atomic E-state index is 0. The molecule has 0 amide bonds. The molecule has 0 aromatic heterocycles. The zero-order valence-corrected chi connectivity index (χ0v) is 19.0. The number of hydrogen-bond donors (Lipinski definition) is 1. The molecule has 1 aliphatic rings. The number of rotatable bonds is 6. The molecule has 1 aliphatic heterocycles. The molecule has 0 saturated carbocycles. The van der Waals surface area contributed by atoms with Crippen molar-refractivity contribution in [2.24, 2.45) is 4.99 Å². The van der Waals surface area contributed by atoms with Crippen molar-refractivity contribution in [2.45, 2.75) is 38.0 Å². The van der Waals surface area contributed by atoms with Gasteiger partial charge in [0.05, 0.1) is 0 Å². The van der Waals surface area contributed by atoms with Gasteiger partial charge in [0.2, 0.25) is 0 Å². The SMILES string of the molecule is CCSC1(CNC(=NC)N(C)Cc2ccccc2C)CCOCC1.I. The first-order valence-electron chi connectivity index (χ1n) is 8.78. The van der Waals surface area contributed by atoms with Crippen LogP contribution in [0.5, 0.6) is 0 Å². The fourth-order valence-corrected chi connectivity index (χ4v) is 4.41. The van der Waals surface area contributed by atoms with Gasteiger partial charge in [0.15, 0.2) is 5.96 Å². The maximum atomic E-state index is 5.56. The van der Waals surface area contributed by atoms with Gasteiger partial charge in [-0.2, -0.15) is 11.8 Å². The average molecular weight is 477 g/mol. The number of halogens is 1. The predicted molar refractivity (Wildman–Crippen MR) is 120 cm³/mol. The fraction of sp³-hybridized carbons (Fsp3) is 0.632. The van der Waals surface area contributed by atoms with Crippen LogP contribution in [0.3, 0.4) is 0 Å². The molecular weight excluding hydrogens is 445 g/mol. The summed E-state index contributed by atoms with van der Waals surface area (Å²) in [4.78, 5) is 6.68. The number of hydrogen-bond acceptors (Lipinski definition) is 3. The van der Waals surface area contributed by atoms with Crippen molar-refractivity contribution in [2.75, 3.05) is 39.6 Å². The summed E-state index contributed by atoms with van der Waals surface area (Å²) in [5.41, 5.74) is 2.66. The standard InChI is InChI=1S/C19H31N3OS.HI/c1-5-24-19(10-12-23-13-11-19)15-21-18(20-3)22(4)14-17-9-7-6-8-16(17)2;/h6-9H,5,10-15H2,1-4H3,(H,20,21);1H. The van der Waals surface area contributed by atoms with E-state index in [2.05, 4.69) is 72.1 Å². The normalized spacial score (nSPS) is 16.9. The van der Waals surface area contributed by atoms with E-state index >= 15 is 0 Å². The molecule has 0 unspecified atom stereocenters. The zero-order valence-electron chi connectivity index (χ0n) is 15.9. The van der Waals surface area contributed by atoms with E-state index in [9.17, 15) is 0 Å². The highest BCUT2D eigenvalue weighted by atomic mass is 127. The Morgan fingerprint density at radius 3 is 2.60 bits per heavy atom. The van der Waals surface area contributed by atoms with E-state index in [4.69, 9.17) is 4.74 Å². The van der Waals surface area contributed by atoms with Crippen molar-refractivity contribution in [3.05, 3.63) is 35.4 Å². The van der Waals surface area contributed by atoms with Gasteiger partial charge in [-0.1, -0.05) is 31.2 Å². The Bertz CT molecular complexity index is 542. The number of nitrogens with one attached hydrogen (secondary N) is 1. The van der Waals surface area contributed by atoms with Gasteiger partial charge in [0, 0.05) is 45.1 Å². The van der Waals surface area contributed by atoms with Crippen LogP contribution in [-0.4, -0.2) is 55.2 Å². The van der Waals surface area contributed by atoms with Crippen LogP contribution >= 0.6 is 35.7 Å². The van der Waals surface area contributed by atoms with Gasteiger partial charge in [-0.25, -0.2) is 0 Å². The van der Waals surface area contributed by atoms with Gasteiger partial charge < -0.3 is 15.0 Å². The summed E-state index contributed by atoms with van der Waals surface area (Å²) in [6.45, 7) is 7.94. The van der Waals surface area contributed by atoms with Gasteiger partial charge in [-0.05, 0) is 36.6 Å². The second kappa shape index (κ2) is 11.3. The summed E-state index contributed by atoms with van der Waals surface area (Å²) in [5.74, 6) is 2.10. The monoisotopic (exact) mass is 477 g/mol. The second-order valence-corrected chi connectivity index (χ2v) is 8.14. The molecule has 1 aromatic rings. The lowest BCUT2D eigenvalue weighted by Crippen LogP contribution is -2.48. The number of aliphatic imine (C=N–C) groups is 1. The number of nitrogens with zero attached hydrogens (tertiary/aromatic N) is 2. The molecule has 0 spiro atoms. The average Bonchev–Trinajstić information content (AvgIpc) is 2.58. The topological polar surface area (TPSA) is 36.9 Å². The molecule has 4 nitrogen and oxygen atoms in total. The fourth-order valence-electron chi connectivity index (χ4n) is 3.16. The predicted octanol–water partition coefficient (Wildman–Crippen LogP) is 3.92. The van der Waals surface area contributed by atoms with Crippen molar-refractivity contribution in [1.82, 2.24) is 10.2 Å². The highest BCUT2D eigenvalue weighted by Gasteiger charge is 2.32. The van der Waals surface area contributed by atoms with E-state index < -0.39 is 0 Å². The Balaban J connectivity index is 0.00000312. The Kier molecular flexibility index (Phi) is 10.2. The molecule has 1 aromatic carbocycles. The van der Waals surface area contributed by atoms with Crippen LogP contribution < -0.4 is 5.32 Å². The number of aryl methyl sites for hydroxylation is 1. The summed E-state index contributed by atoms with van der Waals surface area (Å²) in [6, 6.07) is 8.53. The van der Waals surface area contributed by atoms with Crippen molar-refractivity contribution in [3.8, 4) is 0 Å². The van der Waals surface area contributed by atoms with E-state index in [1.807, 2.05) is 7.05 Å². The van der Waals surface area contributed by atoms with E-state index in [0.717, 1.165) is 50.9 Å². The summed E-state index contributed by atoms with van der Waals surface area (Å²) in [7, 11) is 3.96. The number of thioether (sulfide) groups is 1. The number of benzene rings is 1. The van der Waals surface area contributed by atoms with E-state index in [0.29, 0.717) is 0 Å². The second-order valence-electron chi connectivity index (χ2n) is 6.41. The summed E-state index contributed by atoms with van der Waals surface area (Å²) < 4.78 is 5.83. The van der Waals surface area contributed by atoms with Gasteiger partial charge in [-0.15, -0.1) is 24.0 Å². The maximum absolute atomic E-state index is 5.56. The molecule has 2 rings (SSSR count). The molecule has 0 radical (unpaired) electrons. The first-order valence-corrected chi connectivity index (χ1v) is 9.77. The van der Waals surface area contributed by atoms with Gasteiger partial charge in [-0.3, -0.25) is 4.99 Å². The first-order chi connectivity index (χ1) is 11.6. The molecule has 6 heteroatoms. The largest absolute Gasteiger partial charge is 0.381 e. The lowest BCUT2D eigenvalue weighted by molar-refractivity contribution is 0.0780. The molecule has 1 heterocycles. The van der Waals surface area contributed by atoms with Crippen LogP contribution in [0, 0.1) is 6.92 Å². The quantitative estimate of drug-likeness (QED) is 0.383. The van der Waals surface area contributed by atoms with Crippen LogP contribution in [-0.2, 0) is 11.3 Å². The van der Waals surface area contributed by atoms with Crippen LogP contribution in [0.25, 0.3) is 0 Å². The Labute approximate surface area is 174 Å². The molecule has 1 saturated heterocycles. The molecule has 25 heavy (non-hydrogen) atoms. The molecule has 1 fully saturated rings. The van der Waals surface area contributed by atoms with Crippen molar-refractivity contribution < 1.29 is 4.74 Å². The minimum Gasteiger partial charge on any atom is -0.381 e. The van der Waals surface area contributed by atoms with Crippen molar-refractivity contribution >= 4 is 41.7 Å². The summed E-state index contributed by atoms with van der Waals surface area (Å²) in [5, 5.41) is 3.60. The van der Waals surface area contributed by atoms with Gasteiger partial charge in [0.25, 0.3) is 0 Å². The number of guanidine groups is 1. The van der Waals surface area contributed by atoms with Crippen molar-refractivity contribution in [3.63, 3.8) is 0 Å². The molecular formula is C19H32IN3OS. The zero-order chi connectivity index (χ0) is 17.4.